The van der Waals surface area contributed by atoms with Crippen LogP contribution >= 0.6 is 0 Å². The topological polar surface area (TPSA) is 144 Å². The summed E-state index contributed by atoms with van der Waals surface area (Å²) >= 11 is 0. The molecule has 1 heterocycles. The Bertz CT molecular complexity index is 1250. The third kappa shape index (κ3) is 8.14. The number of aliphatic carboxylic acids is 1. The van der Waals surface area contributed by atoms with Crippen LogP contribution in [0, 0.1) is 5.92 Å². The van der Waals surface area contributed by atoms with Crippen LogP contribution in [0.1, 0.15) is 52.0 Å². The van der Waals surface area contributed by atoms with Crippen molar-refractivity contribution in [1.82, 2.24) is 10.6 Å². The number of benzene rings is 1. The van der Waals surface area contributed by atoms with Gasteiger partial charge in [-0.1, -0.05) is 37.3 Å². The standard InChI is InChI=1S/C30H39N5O5/c1-20(19-36)33-26(34-21(2)28(39)32-18-27(37)38)17-22-11-15-35(16-12-22)25-7-5-24(6-8-25)30(3)13-9-23(10-14-30)29(40)31-4/h5-10,13,19,22,36H,11-12,14-18H2,1-4H3,(H,31,40)(H,32,39)(H,37,38)/b20-19+,33-26-,34-21+/t30-/m1/s1. The number of nitrogens with one attached hydrogen (secondary N) is 2. The highest BCUT2D eigenvalue weighted by molar-refractivity contribution is 6.39. The molecular formula is C30H39N5O5. The highest BCUT2D eigenvalue weighted by atomic mass is 16.4. The van der Waals surface area contributed by atoms with Crippen molar-refractivity contribution in [2.24, 2.45) is 15.9 Å². The molecule has 1 aliphatic carbocycles. The molecule has 1 fully saturated rings. The fourth-order valence-electron chi connectivity index (χ4n) is 4.84. The number of carbonyl (C=O) groups is 3. The summed E-state index contributed by atoms with van der Waals surface area (Å²) in [5, 5.41) is 23.1. The van der Waals surface area contributed by atoms with E-state index in [4.69, 9.17) is 5.11 Å². The van der Waals surface area contributed by atoms with Crippen LogP contribution in [0.3, 0.4) is 0 Å². The maximum absolute atomic E-state index is 12.2. The van der Waals surface area contributed by atoms with Crippen molar-refractivity contribution >= 4 is 35.0 Å². The highest BCUT2D eigenvalue weighted by Crippen LogP contribution is 2.35. The Labute approximate surface area is 235 Å². The SMILES string of the molecule is CNC(=O)C1=CC[C@](C)(c2ccc(N3CCC(CC(=N/C(C)=C/O)/N=C(\C)C(=O)NCC(=O)O)CC3)cc2)C=C1. The van der Waals surface area contributed by atoms with Crippen LogP contribution in [0.4, 0.5) is 5.69 Å². The Morgan fingerprint density at radius 2 is 1.80 bits per heavy atom. The van der Waals surface area contributed by atoms with E-state index < -0.39 is 18.4 Å². The van der Waals surface area contributed by atoms with E-state index in [0.717, 1.165) is 44.3 Å². The van der Waals surface area contributed by atoms with Gasteiger partial charge in [-0.2, -0.15) is 0 Å². The number of aliphatic imine (C=N–C) groups is 2. The van der Waals surface area contributed by atoms with Gasteiger partial charge in [-0.25, -0.2) is 9.98 Å². The van der Waals surface area contributed by atoms with Crippen LogP contribution < -0.4 is 15.5 Å². The first-order valence-electron chi connectivity index (χ1n) is 13.5. The smallest absolute Gasteiger partial charge is 0.322 e. The van der Waals surface area contributed by atoms with Crippen LogP contribution in [0.25, 0.3) is 0 Å². The molecule has 4 N–H and O–H groups in total. The number of carboxylic acid groups (broad SMARTS) is 1. The first-order chi connectivity index (χ1) is 19.0. The Morgan fingerprint density at radius 3 is 2.35 bits per heavy atom. The van der Waals surface area contributed by atoms with Crippen molar-refractivity contribution in [1.29, 1.82) is 0 Å². The second-order valence-corrected chi connectivity index (χ2v) is 10.4. The number of carbonyl (C=O) groups excluding carboxylic acids is 2. The molecule has 1 aliphatic heterocycles. The lowest BCUT2D eigenvalue weighted by atomic mass is 9.76. The third-order valence-electron chi connectivity index (χ3n) is 7.36. The van der Waals surface area contributed by atoms with E-state index in [1.165, 1.54) is 12.5 Å². The van der Waals surface area contributed by atoms with E-state index >= 15 is 0 Å². The van der Waals surface area contributed by atoms with E-state index in [1.807, 2.05) is 12.2 Å². The lowest BCUT2D eigenvalue weighted by Crippen LogP contribution is -2.35. The van der Waals surface area contributed by atoms with Crippen LogP contribution in [0.15, 0.2) is 70.0 Å². The van der Waals surface area contributed by atoms with Gasteiger partial charge in [0.25, 0.3) is 11.8 Å². The molecule has 0 bridgehead atoms. The second-order valence-electron chi connectivity index (χ2n) is 10.4. The predicted octanol–water partition coefficient (Wildman–Crippen LogP) is 3.66. The van der Waals surface area contributed by atoms with E-state index in [2.05, 4.69) is 62.8 Å². The minimum Gasteiger partial charge on any atom is -0.514 e. The molecule has 0 spiro atoms. The molecule has 1 saturated heterocycles. The molecule has 2 aliphatic rings. The van der Waals surface area contributed by atoms with Gasteiger partial charge in [0.15, 0.2) is 0 Å². The molecule has 0 unspecified atom stereocenters. The summed E-state index contributed by atoms with van der Waals surface area (Å²) in [5.74, 6) is -1.05. The maximum atomic E-state index is 12.2. The maximum Gasteiger partial charge on any atom is 0.322 e. The number of aliphatic hydroxyl groups excluding tert-OH is 1. The second kappa shape index (κ2) is 13.7. The van der Waals surface area contributed by atoms with Gasteiger partial charge in [-0.05, 0) is 56.7 Å². The van der Waals surface area contributed by atoms with E-state index in [9.17, 15) is 19.5 Å². The number of hydrogen-bond acceptors (Lipinski definition) is 6. The zero-order valence-corrected chi connectivity index (χ0v) is 23.6. The summed E-state index contributed by atoms with van der Waals surface area (Å²) in [6, 6.07) is 8.62. The van der Waals surface area contributed by atoms with Gasteiger partial charge < -0.3 is 25.7 Å². The lowest BCUT2D eigenvalue weighted by molar-refractivity contribution is -0.137. The summed E-state index contributed by atoms with van der Waals surface area (Å²) < 4.78 is 0. The van der Waals surface area contributed by atoms with Gasteiger partial charge in [-0.3, -0.25) is 14.4 Å². The fraction of sp³-hybridized carbons (Fsp3) is 0.433. The van der Waals surface area contributed by atoms with Crippen LogP contribution in [0.5, 0.6) is 0 Å². The number of nitrogens with zero attached hydrogens (tertiary/aromatic N) is 3. The summed E-state index contributed by atoms with van der Waals surface area (Å²) in [7, 11) is 1.64. The van der Waals surface area contributed by atoms with Crippen molar-refractivity contribution in [3.63, 3.8) is 0 Å². The quantitative estimate of drug-likeness (QED) is 0.210. The summed E-state index contributed by atoms with van der Waals surface area (Å²) in [5.41, 5.74) is 3.37. The number of aliphatic hydroxyl groups is 1. The fourth-order valence-corrected chi connectivity index (χ4v) is 4.84. The minimum atomic E-state index is -1.14. The molecule has 2 amide bonds. The average Bonchev–Trinajstić information content (AvgIpc) is 2.96. The number of likely N-dealkylation sites (N-methyl/N-ethyl adjacent to an activating group) is 1. The molecule has 0 radical (unpaired) electrons. The largest absolute Gasteiger partial charge is 0.514 e. The molecule has 214 valence electrons. The van der Waals surface area contributed by atoms with Gasteiger partial charge in [0.1, 0.15) is 24.4 Å². The summed E-state index contributed by atoms with van der Waals surface area (Å²) in [6.07, 6.45) is 10.00. The minimum absolute atomic E-state index is 0.0707. The highest BCUT2D eigenvalue weighted by Gasteiger charge is 2.27. The van der Waals surface area contributed by atoms with Gasteiger partial charge in [0, 0.05) is 43.2 Å². The number of anilines is 1. The van der Waals surface area contributed by atoms with Crippen molar-refractivity contribution in [2.45, 2.75) is 51.9 Å². The predicted molar refractivity (Wildman–Crippen MR) is 157 cm³/mol. The van der Waals surface area contributed by atoms with Crippen molar-refractivity contribution in [3.05, 3.63) is 65.6 Å². The molecule has 40 heavy (non-hydrogen) atoms. The van der Waals surface area contributed by atoms with Crippen molar-refractivity contribution in [3.8, 4) is 0 Å². The van der Waals surface area contributed by atoms with Crippen molar-refractivity contribution < 1.29 is 24.6 Å². The number of allylic oxidation sites excluding steroid dienone is 3. The normalized spacial score (nSPS) is 20.6. The number of amidine groups is 1. The Morgan fingerprint density at radius 1 is 1.12 bits per heavy atom. The van der Waals surface area contributed by atoms with E-state index in [1.54, 1.807) is 14.0 Å². The summed E-state index contributed by atoms with van der Waals surface area (Å²) in [6.45, 7) is 6.57. The molecule has 10 heteroatoms. The molecule has 10 nitrogen and oxygen atoms in total. The van der Waals surface area contributed by atoms with E-state index in [-0.39, 0.29) is 17.0 Å². The van der Waals surface area contributed by atoms with Gasteiger partial charge in [0.2, 0.25) is 0 Å². The number of hydrogen-bond donors (Lipinski definition) is 4. The number of piperidine rings is 1. The van der Waals surface area contributed by atoms with Gasteiger partial charge in [-0.15, -0.1) is 0 Å². The third-order valence-corrected chi connectivity index (χ3v) is 7.36. The molecule has 1 aromatic rings. The first-order valence-corrected chi connectivity index (χ1v) is 13.5. The molecule has 0 saturated carbocycles. The Hall–Kier alpha value is -4.21. The molecule has 1 aromatic carbocycles. The van der Waals surface area contributed by atoms with Crippen LogP contribution in [-0.4, -0.2) is 66.2 Å². The number of rotatable bonds is 9. The summed E-state index contributed by atoms with van der Waals surface area (Å²) in [4.78, 5) is 45.9. The zero-order valence-electron chi connectivity index (χ0n) is 23.6. The molecular weight excluding hydrogens is 510 g/mol. The van der Waals surface area contributed by atoms with Gasteiger partial charge >= 0.3 is 5.97 Å². The number of amides is 2. The zero-order chi connectivity index (χ0) is 29.3. The molecule has 3 rings (SSSR count). The van der Waals surface area contributed by atoms with Crippen LogP contribution in [0.2, 0.25) is 0 Å². The first kappa shape index (κ1) is 30.3. The van der Waals surface area contributed by atoms with Gasteiger partial charge in [0.05, 0.1) is 5.70 Å². The Kier molecular flexibility index (Phi) is 10.4. The van der Waals surface area contributed by atoms with E-state index in [0.29, 0.717) is 29.4 Å². The van der Waals surface area contributed by atoms with Crippen molar-refractivity contribution in [2.75, 3.05) is 31.6 Å². The average molecular weight is 550 g/mol. The Balaban J connectivity index is 1.61. The molecule has 0 aromatic heterocycles. The monoisotopic (exact) mass is 549 g/mol. The van der Waals surface area contributed by atoms with Crippen LogP contribution in [-0.2, 0) is 19.8 Å². The molecule has 1 atom stereocenters. The lowest BCUT2D eigenvalue weighted by Gasteiger charge is -2.34. The number of carboxylic acids is 1.